The molecule has 20 heavy (non-hydrogen) atoms. The largest absolute Gasteiger partial charge is 0.343 e. The van der Waals surface area contributed by atoms with E-state index in [4.69, 9.17) is 0 Å². The lowest BCUT2D eigenvalue weighted by molar-refractivity contribution is -0.132. The molecule has 0 aromatic carbocycles. The van der Waals surface area contributed by atoms with Crippen LogP contribution < -0.4 is 5.32 Å². The van der Waals surface area contributed by atoms with Crippen molar-refractivity contribution < 1.29 is 4.79 Å². The van der Waals surface area contributed by atoms with Gasteiger partial charge in [0.25, 0.3) is 0 Å². The van der Waals surface area contributed by atoms with Crippen LogP contribution in [0.2, 0.25) is 0 Å². The highest BCUT2D eigenvalue weighted by molar-refractivity contribution is 7.99. The van der Waals surface area contributed by atoms with Crippen LogP contribution in [0.15, 0.2) is 0 Å². The molecule has 1 aliphatic rings. The van der Waals surface area contributed by atoms with Crippen LogP contribution >= 0.6 is 24.2 Å². The zero-order valence-corrected chi connectivity index (χ0v) is 14.8. The zero-order valence-electron chi connectivity index (χ0n) is 13.2. The predicted molar refractivity (Wildman–Crippen MR) is 91.9 cm³/mol. The first-order valence-corrected chi connectivity index (χ1v) is 8.84. The number of piperidine rings is 1. The second-order valence-electron chi connectivity index (χ2n) is 5.57. The Balaban J connectivity index is 0.00000361. The van der Waals surface area contributed by atoms with Crippen molar-refractivity contribution in [2.45, 2.75) is 52.0 Å². The first kappa shape index (κ1) is 20.1. The third-order valence-electron chi connectivity index (χ3n) is 4.16. The SMILES string of the molecule is CCSCCC(C)N(C)C(=O)CCC1CCNCC1.Cl. The molecule has 1 atom stereocenters. The van der Waals surface area contributed by atoms with Gasteiger partial charge in [-0.05, 0) is 63.1 Å². The molecule has 5 heteroatoms. The number of amides is 1. The van der Waals surface area contributed by atoms with E-state index >= 15 is 0 Å². The van der Waals surface area contributed by atoms with E-state index in [2.05, 4.69) is 19.2 Å². The maximum absolute atomic E-state index is 12.2. The average Bonchev–Trinajstić information content (AvgIpc) is 2.45. The van der Waals surface area contributed by atoms with Crippen molar-refractivity contribution in [1.82, 2.24) is 10.2 Å². The Labute approximate surface area is 135 Å². The number of hydrogen-bond acceptors (Lipinski definition) is 3. The van der Waals surface area contributed by atoms with Crippen molar-refractivity contribution in [3.63, 3.8) is 0 Å². The number of thioether (sulfide) groups is 1. The third-order valence-corrected chi connectivity index (χ3v) is 5.10. The topological polar surface area (TPSA) is 32.3 Å². The van der Waals surface area contributed by atoms with Crippen LogP contribution in [0.25, 0.3) is 0 Å². The number of carbonyl (C=O) groups excluding carboxylic acids is 1. The fraction of sp³-hybridized carbons (Fsp3) is 0.933. The summed E-state index contributed by atoms with van der Waals surface area (Å²) in [7, 11) is 1.96. The van der Waals surface area contributed by atoms with Crippen molar-refractivity contribution in [3.8, 4) is 0 Å². The van der Waals surface area contributed by atoms with Crippen LogP contribution in [0.3, 0.4) is 0 Å². The molecule has 0 aliphatic carbocycles. The molecular weight excluding hydrogens is 292 g/mol. The fourth-order valence-corrected chi connectivity index (χ4v) is 3.31. The monoisotopic (exact) mass is 322 g/mol. The van der Waals surface area contributed by atoms with Gasteiger partial charge >= 0.3 is 0 Å². The minimum absolute atomic E-state index is 0. The van der Waals surface area contributed by atoms with E-state index in [0.29, 0.717) is 11.9 Å². The highest BCUT2D eigenvalue weighted by Crippen LogP contribution is 2.19. The minimum Gasteiger partial charge on any atom is -0.343 e. The Hall–Kier alpha value is 0.0700. The van der Waals surface area contributed by atoms with Gasteiger partial charge in [0, 0.05) is 19.5 Å². The lowest BCUT2D eigenvalue weighted by atomic mass is 9.93. The van der Waals surface area contributed by atoms with Gasteiger partial charge in [-0.1, -0.05) is 6.92 Å². The maximum atomic E-state index is 12.2. The standard InChI is InChI=1S/C15H30N2OS.ClH/c1-4-19-12-9-13(2)17(3)15(18)6-5-14-7-10-16-11-8-14;/h13-14,16H,4-12H2,1-3H3;1H. The highest BCUT2D eigenvalue weighted by Gasteiger charge is 2.18. The van der Waals surface area contributed by atoms with E-state index in [0.717, 1.165) is 44.0 Å². The number of nitrogens with zero attached hydrogens (tertiary/aromatic N) is 1. The third kappa shape index (κ3) is 7.75. The highest BCUT2D eigenvalue weighted by atomic mass is 35.5. The summed E-state index contributed by atoms with van der Waals surface area (Å²) in [6.45, 7) is 6.60. The molecule has 0 bridgehead atoms. The first-order chi connectivity index (χ1) is 9.15. The Kier molecular flexibility index (Phi) is 11.7. The molecule has 1 fully saturated rings. The molecule has 0 radical (unpaired) electrons. The van der Waals surface area contributed by atoms with Crippen LogP contribution in [-0.2, 0) is 4.79 Å². The Morgan fingerprint density at radius 1 is 1.40 bits per heavy atom. The molecule has 0 saturated carbocycles. The first-order valence-electron chi connectivity index (χ1n) is 7.69. The summed E-state index contributed by atoms with van der Waals surface area (Å²) in [5, 5.41) is 3.37. The molecule has 1 rings (SSSR count). The summed E-state index contributed by atoms with van der Waals surface area (Å²) in [6, 6.07) is 0.375. The van der Waals surface area contributed by atoms with Crippen LogP contribution in [0.1, 0.15) is 46.0 Å². The van der Waals surface area contributed by atoms with Gasteiger partial charge < -0.3 is 10.2 Å². The Morgan fingerprint density at radius 2 is 2.05 bits per heavy atom. The molecule has 0 aromatic rings. The average molecular weight is 323 g/mol. The van der Waals surface area contributed by atoms with Crippen LogP contribution in [0.4, 0.5) is 0 Å². The molecule has 1 unspecified atom stereocenters. The van der Waals surface area contributed by atoms with Gasteiger partial charge in [0.2, 0.25) is 5.91 Å². The van der Waals surface area contributed by atoms with Crippen molar-refractivity contribution in [2.24, 2.45) is 5.92 Å². The van der Waals surface area contributed by atoms with E-state index in [1.54, 1.807) is 0 Å². The molecule has 3 nitrogen and oxygen atoms in total. The van der Waals surface area contributed by atoms with Gasteiger partial charge in [-0.2, -0.15) is 11.8 Å². The molecule has 0 spiro atoms. The van der Waals surface area contributed by atoms with Crippen molar-refractivity contribution in [3.05, 3.63) is 0 Å². The molecular formula is C15H31ClN2OS. The minimum atomic E-state index is 0. The van der Waals surface area contributed by atoms with E-state index in [9.17, 15) is 4.79 Å². The molecule has 1 aliphatic heterocycles. The maximum Gasteiger partial charge on any atom is 0.222 e. The Morgan fingerprint density at radius 3 is 2.65 bits per heavy atom. The van der Waals surface area contributed by atoms with Gasteiger partial charge in [-0.3, -0.25) is 4.79 Å². The smallest absolute Gasteiger partial charge is 0.222 e. The summed E-state index contributed by atoms with van der Waals surface area (Å²) in [5.41, 5.74) is 0. The molecule has 1 amide bonds. The quantitative estimate of drug-likeness (QED) is 0.697. The number of rotatable bonds is 8. The number of nitrogens with one attached hydrogen (secondary N) is 1. The summed E-state index contributed by atoms with van der Waals surface area (Å²) in [5.74, 6) is 3.40. The van der Waals surface area contributed by atoms with E-state index in [1.165, 1.54) is 18.6 Å². The van der Waals surface area contributed by atoms with E-state index in [1.807, 2.05) is 23.7 Å². The predicted octanol–water partition coefficient (Wildman–Crippen LogP) is 3.18. The second-order valence-corrected chi connectivity index (χ2v) is 6.97. The van der Waals surface area contributed by atoms with Gasteiger partial charge in [-0.15, -0.1) is 12.4 Å². The van der Waals surface area contributed by atoms with Gasteiger partial charge in [0.1, 0.15) is 0 Å². The molecule has 1 N–H and O–H groups in total. The summed E-state index contributed by atoms with van der Waals surface area (Å²) in [6.07, 6.45) is 5.38. The van der Waals surface area contributed by atoms with Gasteiger partial charge in [0.15, 0.2) is 0 Å². The van der Waals surface area contributed by atoms with E-state index in [-0.39, 0.29) is 12.4 Å². The normalized spacial score (nSPS) is 17.4. The lowest BCUT2D eigenvalue weighted by Gasteiger charge is -2.27. The van der Waals surface area contributed by atoms with Gasteiger partial charge in [0.05, 0.1) is 0 Å². The fourth-order valence-electron chi connectivity index (χ4n) is 2.51. The van der Waals surface area contributed by atoms with E-state index < -0.39 is 0 Å². The molecule has 0 aromatic heterocycles. The second kappa shape index (κ2) is 11.7. The molecule has 120 valence electrons. The lowest BCUT2D eigenvalue weighted by Crippen LogP contribution is -2.36. The zero-order chi connectivity index (χ0) is 14.1. The van der Waals surface area contributed by atoms with Crippen LogP contribution in [0.5, 0.6) is 0 Å². The van der Waals surface area contributed by atoms with Crippen molar-refractivity contribution >= 4 is 30.1 Å². The van der Waals surface area contributed by atoms with Gasteiger partial charge in [-0.25, -0.2) is 0 Å². The van der Waals surface area contributed by atoms with Crippen LogP contribution in [-0.4, -0.2) is 48.5 Å². The number of halogens is 1. The summed E-state index contributed by atoms with van der Waals surface area (Å²) in [4.78, 5) is 14.1. The van der Waals surface area contributed by atoms with Crippen molar-refractivity contribution in [1.29, 1.82) is 0 Å². The number of hydrogen-bond donors (Lipinski definition) is 1. The summed E-state index contributed by atoms with van der Waals surface area (Å²) >= 11 is 1.96. The number of carbonyl (C=O) groups is 1. The molecule has 1 heterocycles. The Bertz CT molecular complexity index is 260. The van der Waals surface area contributed by atoms with Crippen molar-refractivity contribution in [2.75, 3.05) is 31.6 Å². The van der Waals surface area contributed by atoms with Crippen LogP contribution in [0, 0.1) is 5.92 Å². The summed E-state index contributed by atoms with van der Waals surface area (Å²) < 4.78 is 0. The molecule has 1 saturated heterocycles.